The van der Waals surface area contributed by atoms with Gasteiger partial charge in [0, 0.05) is 12.5 Å². The van der Waals surface area contributed by atoms with E-state index in [1.807, 2.05) is 0 Å². The highest BCUT2D eigenvalue weighted by molar-refractivity contribution is 7.92. The molecular formula is C14H19NO7S. The van der Waals surface area contributed by atoms with Crippen LogP contribution in [0.4, 0.5) is 0 Å². The number of carbonyl (C=O) groups is 3. The van der Waals surface area contributed by atoms with Crippen molar-refractivity contribution in [1.29, 1.82) is 0 Å². The molecule has 1 saturated heterocycles. The molecule has 2 rings (SSSR count). The minimum Gasteiger partial charge on any atom is -0.461 e. The minimum atomic E-state index is -3.62. The lowest BCUT2D eigenvalue weighted by molar-refractivity contribution is -0.157. The van der Waals surface area contributed by atoms with Crippen LogP contribution in [-0.2, 0) is 33.7 Å². The van der Waals surface area contributed by atoms with Crippen LogP contribution in [0.2, 0.25) is 0 Å². The zero-order valence-electron chi connectivity index (χ0n) is 13.4. The lowest BCUT2D eigenvalue weighted by Gasteiger charge is -2.44. The number of amides is 1. The van der Waals surface area contributed by atoms with Gasteiger partial charge in [0.05, 0.1) is 12.2 Å². The predicted molar refractivity (Wildman–Crippen MR) is 78.5 cm³/mol. The Morgan fingerprint density at radius 3 is 2.39 bits per heavy atom. The molecule has 0 spiro atoms. The SMILES string of the molecule is CC(=O)OCC1=C(C(=O)OC(C)(C)C)N2C(=O)C[C@H]2S(=O)(=O)C1. The third-order valence-corrected chi connectivity index (χ3v) is 5.27. The van der Waals surface area contributed by atoms with E-state index >= 15 is 0 Å². The largest absolute Gasteiger partial charge is 0.461 e. The number of esters is 2. The first-order valence-corrected chi connectivity index (χ1v) is 8.76. The summed E-state index contributed by atoms with van der Waals surface area (Å²) in [4.78, 5) is 36.2. The van der Waals surface area contributed by atoms with E-state index < -0.39 is 44.4 Å². The average Bonchev–Trinajstić information content (AvgIpc) is 2.34. The Morgan fingerprint density at radius 2 is 1.91 bits per heavy atom. The third kappa shape index (κ3) is 3.54. The lowest BCUT2D eigenvalue weighted by Crippen LogP contribution is -2.61. The van der Waals surface area contributed by atoms with Crippen LogP contribution in [0.1, 0.15) is 34.1 Å². The molecule has 23 heavy (non-hydrogen) atoms. The molecule has 0 N–H and O–H groups in total. The van der Waals surface area contributed by atoms with Crippen LogP contribution in [0.5, 0.6) is 0 Å². The summed E-state index contributed by atoms with van der Waals surface area (Å²) in [7, 11) is -3.62. The molecule has 2 aliphatic heterocycles. The molecule has 0 bridgehead atoms. The molecule has 2 heterocycles. The summed E-state index contributed by atoms with van der Waals surface area (Å²) >= 11 is 0. The Morgan fingerprint density at radius 1 is 1.30 bits per heavy atom. The maximum Gasteiger partial charge on any atom is 0.355 e. The van der Waals surface area contributed by atoms with Crippen molar-refractivity contribution >= 4 is 27.7 Å². The monoisotopic (exact) mass is 345 g/mol. The second-order valence-electron chi connectivity index (χ2n) is 6.46. The van der Waals surface area contributed by atoms with E-state index in [1.165, 1.54) is 6.92 Å². The first-order valence-electron chi connectivity index (χ1n) is 7.05. The summed E-state index contributed by atoms with van der Waals surface area (Å²) in [6, 6.07) is 0. The van der Waals surface area contributed by atoms with Gasteiger partial charge in [0.25, 0.3) is 0 Å². The van der Waals surface area contributed by atoms with Crippen molar-refractivity contribution in [2.24, 2.45) is 0 Å². The van der Waals surface area contributed by atoms with Gasteiger partial charge in [-0.05, 0) is 20.8 Å². The van der Waals surface area contributed by atoms with E-state index in [0.717, 1.165) is 4.90 Å². The van der Waals surface area contributed by atoms with Crippen LogP contribution in [0, 0.1) is 0 Å². The molecule has 1 fully saturated rings. The fourth-order valence-electron chi connectivity index (χ4n) is 2.39. The third-order valence-electron chi connectivity index (χ3n) is 3.31. The first-order chi connectivity index (χ1) is 10.4. The number of hydrogen-bond donors (Lipinski definition) is 0. The molecule has 128 valence electrons. The van der Waals surface area contributed by atoms with E-state index in [9.17, 15) is 22.8 Å². The van der Waals surface area contributed by atoms with Crippen LogP contribution in [-0.4, -0.2) is 54.5 Å². The smallest absolute Gasteiger partial charge is 0.355 e. The normalized spacial score (nSPS) is 23.0. The fourth-order valence-corrected chi connectivity index (χ4v) is 4.23. The number of ether oxygens (including phenoxy) is 2. The van der Waals surface area contributed by atoms with Crippen LogP contribution < -0.4 is 0 Å². The van der Waals surface area contributed by atoms with Gasteiger partial charge in [-0.1, -0.05) is 0 Å². The van der Waals surface area contributed by atoms with Gasteiger partial charge < -0.3 is 9.47 Å². The average molecular weight is 345 g/mol. The molecule has 1 atom stereocenters. The summed E-state index contributed by atoms with van der Waals surface area (Å²) < 4.78 is 34.4. The van der Waals surface area contributed by atoms with Crippen molar-refractivity contribution in [3.8, 4) is 0 Å². The zero-order chi connectivity index (χ0) is 17.6. The molecule has 0 unspecified atom stereocenters. The zero-order valence-corrected chi connectivity index (χ0v) is 14.2. The highest BCUT2D eigenvalue weighted by Crippen LogP contribution is 2.37. The van der Waals surface area contributed by atoms with Crippen molar-refractivity contribution in [3.63, 3.8) is 0 Å². The highest BCUT2D eigenvalue weighted by Gasteiger charge is 2.53. The lowest BCUT2D eigenvalue weighted by atomic mass is 10.1. The number of hydrogen-bond acceptors (Lipinski definition) is 7. The molecule has 8 nitrogen and oxygen atoms in total. The van der Waals surface area contributed by atoms with Gasteiger partial charge >= 0.3 is 11.9 Å². The van der Waals surface area contributed by atoms with Gasteiger partial charge in [-0.25, -0.2) is 13.2 Å². The minimum absolute atomic E-state index is 0.0544. The quantitative estimate of drug-likeness (QED) is 0.528. The number of carbonyl (C=O) groups excluding carboxylic acids is 3. The van der Waals surface area contributed by atoms with Crippen LogP contribution in [0.3, 0.4) is 0 Å². The van der Waals surface area contributed by atoms with Gasteiger partial charge in [0.2, 0.25) is 5.91 Å². The van der Waals surface area contributed by atoms with Crippen LogP contribution in [0.15, 0.2) is 11.3 Å². The van der Waals surface area contributed by atoms with Crippen molar-refractivity contribution in [2.45, 2.75) is 45.1 Å². The molecule has 0 aromatic carbocycles. The summed E-state index contributed by atoms with van der Waals surface area (Å²) in [5.74, 6) is -2.33. The standard InChI is InChI=1S/C14H19NO7S/c1-8(16)21-6-9-7-23(19,20)11-5-10(17)15(11)12(9)13(18)22-14(2,3)4/h11H,5-7H2,1-4H3/t11-/m1/s1. The first kappa shape index (κ1) is 17.5. The molecule has 2 aliphatic rings. The van der Waals surface area contributed by atoms with Crippen LogP contribution >= 0.6 is 0 Å². The van der Waals surface area contributed by atoms with E-state index in [2.05, 4.69) is 0 Å². The van der Waals surface area contributed by atoms with Crippen molar-refractivity contribution in [1.82, 2.24) is 4.90 Å². The second kappa shape index (κ2) is 5.63. The Hall–Kier alpha value is -1.90. The van der Waals surface area contributed by atoms with Crippen LogP contribution in [0.25, 0.3) is 0 Å². The molecule has 0 aromatic rings. The van der Waals surface area contributed by atoms with E-state index in [1.54, 1.807) is 20.8 Å². The summed E-state index contributed by atoms with van der Waals surface area (Å²) in [5.41, 5.74) is -0.882. The molecule has 9 heteroatoms. The Bertz CT molecular complexity index is 699. The maximum absolute atomic E-state index is 12.4. The maximum atomic E-state index is 12.4. The van der Waals surface area contributed by atoms with E-state index in [0.29, 0.717) is 0 Å². The van der Waals surface area contributed by atoms with Crippen molar-refractivity contribution in [2.75, 3.05) is 12.4 Å². The topological polar surface area (TPSA) is 107 Å². The van der Waals surface area contributed by atoms with Gasteiger partial charge in [-0.3, -0.25) is 14.5 Å². The Labute approximate surface area is 134 Å². The molecule has 0 saturated carbocycles. The predicted octanol–water partition coefficient (Wildman–Crippen LogP) is 0.132. The molecular weight excluding hydrogens is 326 g/mol. The Kier molecular flexibility index (Phi) is 4.27. The van der Waals surface area contributed by atoms with E-state index in [4.69, 9.17) is 9.47 Å². The summed E-state index contributed by atoms with van der Waals surface area (Å²) in [6.07, 6.45) is -0.157. The summed E-state index contributed by atoms with van der Waals surface area (Å²) in [5, 5.41) is -1.04. The fraction of sp³-hybridized carbons (Fsp3) is 0.643. The number of rotatable bonds is 3. The van der Waals surface area contributed by atoms with Crippen molar-refractivity contribution < 1.29 is 32.3 Å². The Balaban J connectivity index is 2.44. The van der Waals surface area contributed by atoms with Gasteiger partial charge in [0.1, 0.15) is 23.3 Å². The van der Waals surface area contributed by atoms with E-state index in [-0.39, 0.29) is 24.3 Å². The van der Waals surface area contributed by atoms with Gasteiger partial charge in [-0.15, -0.1) is 0 Å². The molecule has 0 radical (unpaired) electrons. The van der Waals surface area contributed by atoms with Gasteiger partial charge in [-0.2, -0.15) is 0 Å². The number of nitrogens with zero attached hydrogens (tertiary/aromatic N) is 1. The number of β-lactam (4-membered cyclic amide) rings is 1. The molecule has 0 aromatic heterocycles. The number of fused-ring (bicyclic) bond motifs is 1. The highest BCUT2D eigenvalue weighted by atomic mass is 32.2. The van der Waals surface area contributed by atoms with Crippen molar-refractivity contribution in [3.05, 3.63) is 11.3 Å². The van der Waals surface area contributed by atoms with Gasteiger partial charge in [0.15, 0.2) is 9.84 Å². The second-order valence-corrected chi connectivity index (χ2v) is 8.62. The summed E-state index contributed by atoms with van der Waals surface area (Å²) in [6.45, 7) is 5.77. The molecule has 0 aliphatic carbocycles. The number of sulfone groups is 1. The molecule has 1 amide bonds.